The number of pyridine rings is 1. The van der Waals surface area contributed by atoms with E-state index < -0.39 is 0 Å². The fourth-order valence-corrected chi connectivity index (χ4v) is 4.57. The van der Waals surface area contributed by atoms with Crippen LogP contribution in [0.5, 0.6) is 0 Å². The van der Waals surface area contributed by atoms with Crippen molar-refractivity contribution < 1.29 is 0 Å². The molecule has 1 saturated heterocycles. The third kappa shape index (κ3) is 3.76. The van der Waals surface area contributed by atoms with Gasteiger partial charge in [-0.2, -0.15) is 0 Å². The molecule has 4 rings (SSSR count). The SMILES string of the molecule is C=C=C(c1nc(-c2c[nH]c3ncc(CC(C)C)cc23)cs1)N1CCN(C)CC1. The molecule has 3 aromatic heterocycles. The van der Waals surface area contributed by atoms with Crippen LogP contribution in [0, 0.1) is 5.92 Å². The molecular weight excluding hydrogens is 366 g/mol. The number of aromatic amines is 1. The number of piperazine rings is 1. The molecule has 6 heteroatoms. The highest BCUT2D eigenvalue weighted by atomic mass is 32.1. The Morgan fingerprint density at radius 1 is 1.32 bits per heavy atom. The molecule has 1 N–H and O–H groups in total. The average Bonchev–Trinajstić information content (AvgIpc) is 3.30. The van der Waals surface area contributed by atoms with Crippen LogP contribution in [0.3, 0.4) is 0 Å². The third-order valence-electron chi connectivity index (χ3n) is 5.20. The zero-order valence-electron chi connectivity index (χ0n) is 16.8. The van der Waals surface area contributed by atoms with Gasteiger partial charge in [-0.15, -0.1) is 17.1 Å². The summed E-state index contributed by atoms with van der Waals surface area (Å²) in [5, 5.41) is 4.24. The molecule has 0 saturated carbocycles. The summed E-state index contributed by atoms with van der Waals surface area (Å²) in [7, 11) is 2.16. The summed E-state index contributed by atoms with van der Waals surface area (Å²) in [5.74, 6) is 0.608. The van der Waals surface area contributed by atoms with E-state index in [0.29, 0.717) is 5.92 Å². The summed E-state index contributed by atoms with van der Waals surface area (Å²) in [6.07, 6.45) is 5.02. The molecule has 1 aliphatic rings. The summed E-state index contributed by atoms with van der Waals surface area (Å²) >= 11 is 1.66. The maximum Gasteiger partial charge on any atom is 0.148 e. The molecule has 1 fully saturated rings. The minimum atomic E-state index is 0.608. The van der Waals surface area contributed by atoms with Crippen molar-refractivity contribution in [2.45, 2.75) is 20.3 Å². The molecule has 0 bridgehead atoms. The highest BCUT2D eigenvalue weighted by molar-refractivity contribution is 7.11. The Hall–Kier alpha value is -2.40. The summed E-state index contributed by atoms with van der Waals surface area (Å²) in [6.45, 7) is 12.5. The molecule has 4 heterocycles. The Kier molecular flexibility index (Phi) is 5.36. The lowest BCUT2D eigenvalue weighted by molar-refractivity contribution is 0.207. The zero-order valence-corrected chi connectivity index (χ0v) is 17.6. The smallest absolute Gasteiger partial charge is 0.148 e. The van der Waals surface area contributed by atoms with Crippen molar-refractivity contribution in [2.75, 3.05) is 33.2 Å². The predicted octanol–water partition coefficient (Wildman–Crippen LogP) is 4.26. The van der Waals surface area contributed by atoms with Crippen molar-refractivity contribution in [3.8, 4) is 11.3 Å². The van der Waals surface area contributed by atoms with E-state index in [1.807, 2.05) is 12.4 Å². The number of hydrogen-bond donors (Lipinski definition) is 1. The first-order valence-corrected chi connectivity index (χ1v) is 10.7. The van der Waals surface area contributed by atoms with Gasteiger partial charge in [0.2, 0.25) is 0 Å². The highest BCUT2D eigenvalue weighted by Crippen LogP contribution is 2.32. The fraction of sp³-hybridized carbons (Fsp3) is 0.409. The van der Waals surface area contributed by atoms with Gasteiger partial charge in [-0.1, -0.05) is 20.4 Å². The number of hydrogen-bond acceptors (Lipinski definition) is 5. The second-order valence-corrected chi connectivity index (χ2v) is 8.75. The molecule has 0 aromatic carbocycles. The number of fused-ring (bicyclic) bond motifs is 1. The quantitative estimate of drug-likeness (QED) is 0.658. The first-order chi connectivity index (χ1) is 13.5. The first-order valence-electron chi connectivity index (χ1n) is 9.81. The van der Waals surface area contributed by atoms with Gasteiger partial charge in [0.05, 0.1) is 5.69 Å². The van der Waals surface area contributed by atoms with Gasteiger partial charge in [0, 0.05) is 54.9 Å². The Labute approximate surface area is 170 Å². The molecular formula is C22H27N5S. The Morgan fingerprint density at radius 2 is 2.11 bits per heavy atom. The van der Waals surface area contributed by atoms with Crippen molar-refractivity contribution in [1.82, 2.24) is 24.8 Å². The Morgan fingerprint density at radius 3 is 2.82 bits per heavy atom. The zero-order chi connectivity index (χ0) is 19.7. The summed E-state index contributed by atoms with van der Waals surface area (Å²) in [4.78, 5) is 17.5. The van der Waals surface area contributed by atoms with E-state index in [-0.39, 0.29) is 0 Å². The molecule has 0 aliphatic carbocycles. The van der Waals surface area contributed by atoms with Crippen molar-refractivity contribution >= 4 is 28.1 Å². The van der Waals surface area contributed by atoms with Crippen LogP contribution in [0.25, 0.3) is 28.0 Å². The Balaban J connectivity index is 1.64. The van der Waals surface area contributed by atoms with Gasteiger partial charge in [0.15, 0.2) is 0 Å². The number of aromatic nitrogens is 3. The van der Waals surface area contributed by atoms with E-state index in [1.54, 1.807) is 11.3 Å². The van der Waals surface area contributed by atoms with Crippen molar-refractivity contribution in [1.29, 1.82) is 0 Å². The molecule has 0 spiro atoms. The summed E-state index contributed by atoms with van der Waals surface area (Å²) in [6, 6.07) is 2.25. The monoisotopic (exact) mass is 393 g/mol. The second kappa shape index (κ2) is 7.92. The van der Waals surface area contributed by atoms with Crippen LogP contribution in [-0.4, -0.2) is 58.0 Å². The molecule has 5 nitrogen and oxygen atoms in total. The van der Waals surface area contributed by atoms with E-state index in [2.05, 4.69) is 64.4 Å². The lowest BCUT2D eigenvalue weighted by atomic mass is 10.0. The molecule has 146 valence electrons. The maximum atomic E-state index is 4.93. The van der Waals surface area contributed by atoms with E-state index in [9.17, 15) is 0 Å². The van der Waals surface area contributed by atoms with Crippen LogP contribution >= 0.6 is 11.3 Å². The van der Waals surface area contributed by atoms with Crippen LogP contribution in [0.4, 0.5) is 0 Å². The number of H-pyrrole nitrogens is 1. The van der Waals surface area contributed by atoms with Crippen LogP contribution in [0.15, 0.2) is 36.2 Å². The van der Waals surface area contributed by atoms with E-state index >= 15 is 0 Å². The topological polar surface area (TPSA) is 48.1 Å². The van der Waals surface area contributed by atoms with Gasteiger partial charge < -0.3 is 14.8 Å². The molecule has 28 heavy (non-hydrogen) atoms. The van der Waals surface area contributed by atoms with E-state index in [4.69, 9.17) is 4.98 Å². The van der Waals surface area contributed by atoms with Gasteiger partial charge in [0.1, 0.15) is 16.4 Å². The normalized spacial score (nSPS) is 15.4. The lowest BCUT2D eigenvalue weighted by Crippen LogP contribution is -2.43. The van der Waals surface area contributed by atoms with Gasteiger partial charge >= 0.3 is 0 Å². The fourth-order valence-electron chi connectivity index (χ4n) is 3.70. The Bertz CT molecular complexity index is 1020. The van der Waals surface area contributed by atoms with Crippen LogP contribution in [0.1, 0.15) is 24.4 Å². The summed E-state index contributed by atoms with van der Waals surface area (Å²) < 4.78 is 0. The molecule has 0 radical (unpaired) electrons. The van der Waals surface area contributed by atoms with Crippen LogP contribution < -0.4 is 0 Å². The molecule has 1 aliphatic heterocycles. The second-order valence-electron chi connectivity index (χ2n) is 7.89. The molecule has 0 atom stereocenters. The van der Waals surface area contributed by atoms with E-state index in [0.717, 1.165) is 65.6 Å². The third-order valence-corrected chi connectivity index (χ3v) is 6.05. The largest absolute Gasteiger partial charge is 0.360 e. The van der Waals surface area contributed by atoms with Crippen molar-refractivity contribution in [2.24, 2.45) is 5.92 Å². The van der Waals surface area contributed by atoms with Crippen LogP contribution in [-0.2, 0) is 6.42 Å². The first kappa shape index (κ1) is 18.9. The van der Waals surface area contributed by atoms with Crippen molar-refractivity contribution in [3.63, 3.8) is 0 Å². The van der Waals surface area contributed by atoms with Gasteiger partial charge in [-0.25, -0.2) is 9.97 Å². The number of likely N-dealkylation sites (N-methyl/N-ethyl adjacent to an activating group) is 1. The molecule has 0 amide bonds. The van der Waals surface area contributed by atoms with Gasteiger partial charge in [0.25, 0.3) is 0 Å². The number of nitrogens with one attached hydrogen (secondary N) is 1. The van der Waals surface area contributed by atoms with E-state index in [1.165, 1.54) is 5.56 Å². The summed E-state index contributed by atoms with van der Waals surface area (Å²) in [5.41, 5.74) is 8.42. The average molecular weight is 394 g/mol. The van der Waals surface area contributed by atoms with Crippen LogP contribution in [0.2, 0.25) is 0 Å². The molecule has 3 aromatic rings. The predicted molar refractivity (Wildman–Crippen MR) is 117 cm³/mol. The van der Waals surface area contributed by atoms with Gasteiger partial charge in [-0.3, -0.25) is 0 Å². The standard InChI is InChI=1S/C22H27N5S/c1-5-20(27-8-6-26(4)7-9-27)22-25-19(14-28-22)18-13-24-21-17(18)11-16(12-23-21)10-15(2)3/h11-15H,1,6-10H2,2-4H3,(H,23,24). The number of thiazole rings is 1. The minimum Gasteiger partial charge on any atom is -0.360 e. The van der Waals surface area contributed by atoms with Crippen molar-refractivity contribution in [3.05, 3.63) is 46.7 Å². The number of rotatable bonds is 5. The highest BCUT2D eigenvalue weighted by Gasteiger charge is 2.20. The lowest BCUT2D eigenvalue weighted by Gasteiger charge is -2.33. The minimum absolute atomic E-state index is 0.608. The number of nitrogens with zero attached hydrogens (tertiary/aromatic N) is 4. The van der Waals surface area contributed by atoms with Gasteiger partial charge in [-0.05, 0) is 31.0 Å². The maximum absolute atomic E-state index is 4.93. The molecule has 0 unspecified atom stereocenters.